The van der Waals surface area contributed by atoms with Crippen LogP contribution in [-0.4, -0.2) is 35.5 Å². The molecule has 18 heavy (non-hydrogen) atoms. The Bertz CT molecular complexity index is 460. The van der Waals surface area contributed by atoms with Gasteiger partial charge in [0, 0.05) is 30.6 Å². The minimum atomic E-state index is -0.852. The molecular formula is C13H16ClNO3. The van der Waals surface area contributed by atoms with E-state index in [2.05, 4.69) is 0 Å². The molecule has 0 bridgehead atoms. The average Bonchev–Trinajstić information content (AvgIpc) is 2.31. The molecule has 0 aromatic heterocycles. The number of hydrogen-bond donors (Lipinski definition) is 1. The van der Waals surface area contributed by atoms with Crippen molar-refractivity contribution in [2.24, 2.45) is 0 Å². The van der Waals surface area contributed by atoms with Crippen molar-refractivity contribution in [2.75, 3.05) is 13.6 Å². The first kappa shape index (κ1) is 14.5. The molecule has 0 saturated heterocycles. The second kappa shape index (κ2) is 6.40. The van der Waals surface area contributed by atoms with Gasteiger partial charge in [0.15, 0.2) is 0 Å². The van der Waals surface area contributed by atoms with E-state index in [1.807, 2.05) is 0 Å². The minimum absolute atomic E-state index is 0.0617. The normalized spacial score (nSPS) is 10.2. The molecule has 98 valence electrons. The molecule has 0 aliphatic rings. The third-order valence-corrected chi connectivity index (χ3v) is 3.14. The third-order valence-electron chi connectivity index (χ3n) is 2.73. The quantitative estimate of drug-likeness (QED) is 0.894. The Morgan fingerprint density at radius 1 is 1.39 bits per heavy atom. The number of carbonyl (C=O) groups is 2. The molecule has 1 aromatic rings. The summed E-state index contributed by atoms with van der Waals surface area (Å²) in [6, 6.07) is 5.18. The molecule has 1 N–H and O–H groups in total. The lowest BCUT2D eigenvalue weighted by Gasteiger charge is -2.18. The summed E-state index contributed by atoms with van der Waals surface area (Å²) in [5, 5.41) is 9.10. The molecule has 1 aromatic carbocycles. The van der Waals surface area contributed by atoms with Gasteiger partial charge in [-0.2, -0.15) is 0 Å². The Morgan fingerprint density at radius 3 is 2.67 bits per heavy atom. The summed E-state index contributed by atoms with van der Waals surface area (Å²) < 4.78 is 0. The second-order valence-electron chi connectivity index (χ2n) is 4.14. The van der Waals surface area contributed by atoms with Crippen molar-refractivity contribution in [3.8, 4) is 0 Å². The van der Waals surface area contributed by atoms with E-state index in [9.17, 15) is 9.59 Å². The molecule has 0 aliphatic heterocycles. The van der Waals surface area contributed by atoms with E-state index < -0.39 is 5.97 Å². The van der Waals surface area contributed by atoms with Gasteiger partial charge in [0.25, 0.3) is 5.91 Å². The van der Waals surface area contributed by atoms with E-state index in [1.165, 1.54) is 4.90 Å². The molecule has 0 radical (unpaired) electrons. The summed E-state index contributed by atoms with van der Waals surface area (Å²) >= 11 is 5.96. The lowest BCUT2D eigenvalue weighted by atomic mass is 10.1. The number of rotatable bonds is 5. The second-order valence-corrected chi connectivity index (χ2v) is 4.54. The number of carboxylic acids is 1. The molecular weight excluding hydrogens is 254 g/mol. The number of carboxylic acid groups (broad SMARTS) is 1. The first-order valence-corrected chi connectivity index (χ1v) is 6.03. The van der Waals surface area contributed by atoms with Crippen LogP contribution in [-0.2, 0) is 4.79 Å². The fourth-order valence-corrected chi connectivity index (χ4v) is 1.79. The highest BCUT2D eigenvalue weighted by Gasteiger charge is 2.15. The van der Waals surface area contributed by atoms with Crippen molar-refractivity contribution in [1.82, 2.24) is 4.90 Å². The summed E-state index contributed by atoms with van der Waals surface area (Å²) in [5.74, 6) is -0.991. The molecule has 0 heterocycles. The van der Waals surface area contributed by atoms with Crippen LogP contribution >= 0.6 is 11.6 Å². The maximum atomic E-state index is 12.1. The summed E-state index contributed by atoms with van der Waals surface area (Å²) in [7, 11) is 1.66. The van der Waals surface area contributed by atoms with Gasteiger partial charge in [-0.05, 0) is 31.0 Å². The Hall–Kier alpha value is -1.55. The zero-order valence-corrected chi connectivity index (χ0v) is 11.2. The van der Waals surface area contributed by atoms with Gasteiger partial charge >= 0.3 is 5.97 Å². The monoisotopic (exact) mass is 269 g/mol. The highest BCUT2D eigenvalue weighted by molar-refractivity contribution is 6.31. The zero-order valence-electron chi connectivity index (χ0n) is 10.4. The van der Waals surface area contributed by atoms with Crippen molar-refractivity contribution in [3.63, 3.8) is 0 Å². The molecule has 5 heteroatoms. The van der Waals surface area contributed by atoms with Gasteiger partial charge in [-0.1, -0.05) is 17.7 Å². The maximum Gasteiger partial charge on any atom is 0.303 e. The van der Waals surface area contributed by atoms with Crippen LogP contribution in [0.1, 0.15) is 28.8 Å². The summed E-state index contributed by atoms with van der Waals surface area (Å²) in [4.78, 5) is 24.0. The molecule has 1 rings (SSSR count). The number of carbonyl (C=O) groups excluding carboxylic acids is 1. The molecule has 0 atom stereocenters. The van der Waals surface area contributed by atoms with Crippen LogP contribution in [0.3, 0.4) is 0 Å². The van der Waals surface area contributed by atoms with Crippen molar-refractivity contribution >= 4 is 23.5 Å². The first-order valence-electron chi connectivity index (χ1n) is 5.66. The number of benzene rings is 1. The van der Waals surface area contributed by atoms with E-state index in [1.54, 1.807) is 32.2 Å². The SMILES string of the molecule is Cc1c(Cl)cccc1C(=O)N(C)CCCC(=O)O. The topological polar surface area (TPSA) is 57.6 Å². The van der Waals surface area contributed by atoms with E-state index in [-0.39, 0.29) is 12.3 Å². The van der Waals surface area contributed by atoms with Gasteiger partial charge in [-0.3, -0.25) is 9.59 Å². The molecule has 0 spiro atoms. The van der Waals surface area contributed by atoms with Gasteiger partial charge in [0.2, 0.25) is 0 Å². The van der Waals surface area contributed by atoms with Crippen molar-refractivity contribution < 1.29 is 14.7 Å². The molecule has 0 fully saturated rings. The summed E-state index contributed by atoms with van der Waals surface area (Å²) in [6.07, 6.45) is 0.503. The van der Waals surface area contributed by atoms with Crippen LogP contribution in [0.15, 0.2) is 18.2 Å². The largest absolute Gasteiger partial charge is 0.481 e. The highest BCUT2D eigenvalue weighted by atomic mass is 35.5. The number of aliphatic carboxylic acids is 1. The Labute approximate surface area is 111 Å². The van der Waals surface area contributed by atoms with E-state index in [0.717, 1.165) is 5.56 Å². The number of halogens is 1. The smallest absolute Gasteiger partial charge is 0.303 e. The molecule has 4 nitrogen and oxygen atoms in total. The van der Waals surface area contributed by atoms with Crippen LogP contribution in [0, 0.1) is 6.92 Å². The van der Waals surface area contributed by atoms with Gasteiger partial charge in [0.05, 0.1) is 0 Å². The Morgan fingerprint density at radius 2 is 2.06 bits per heavy atom. The number of hydrogen-bond acceptors (Lipinski definition) is 2. The average molecular weight is 270 g/mol. The maximum absolute atomic E-state index is 12.1. The lowest BCUT2D eigenvalue weighted by Crippen LogP contribution is -2.28. The number of amides is 1. The Balaban J connectivity index is 2.69. The first-order chi connectivity index (χ1) is 8.43. The van der Waals surface area contributed by atoms with Gasteiger partial charge in [-0.25, -0.2) is 0 Å². The van der Waals surface area contributed by atoms with E-state index >= 15 is 0 Å². The fraction of sp³-hybridized carbons (Fsp3) is 0.385. The van der Waals surface area contributed by atoms with Gasteiger partial charge in [-0.15, -0.1) is 0 Å². The van der Waals surface area contributed by atoms with Crippen LogP contribution in [0.5, 0.6) is 0 Å². The van der Waals surface area contributed by atoms with Crippen molar-refractivity contribution in [2.45, 2.75) is 19.8 Å². The lowest BCUT2D eigenvalue weighted by molar-refractivity contribution is -0.137. The van der Waals surface area contributed by atoms with Gasteiger partial charge < -0.3 is 10.0 Å². The number of nitrogens with zero attached hydrogens (tertiary/aromatic N) is 1. The van der Waals surface area contributed by atoms with Crippen molar-refractivity contribution in [1.29, 1.82) is 0 Å². The van der Waals surface area contributed by atoms with Crippen LogP contribution in [0.4, 0.5) is 0 Å². The van der Waals surface area contributed by atoms with E-state index in [4.69, 9.17) is 16.7 Å². The zero-order chi connectivity index (χ0) is 13.7. The molecule has 0 saturated carbocycles. The predicted molar refractivity (Wildman–Crippen MR) is 70.0 cm³/mol. The minimum Gasteiger partial charge on any atom is -0.481 e. The molecule has 0 aliphatic carbocycles. The summed E-state index contributed by atoms with van der Waals surface area (Å²) in [5.41, 5.74) is 1.30. The van der Waals surface area contributed by atoms with Crippen molar-refractivity contribution in [3.05, 3.63) is 34.3 Å². The van der Waals surface area contributed by atoms with Crippen LogP contribution < -0.4 is 0 Å². The standard InChI is InChI=1S/C13H16ClNO3/c1-9-10(5-3-6-11(9)14)13(18)15(2)8-4-7-12(16)17/h3,5-6H,4,7-8H2,1-2H3,(H,16,17). The highest BCUT2D eigenvalue weighted by Crippen LogP contribution is 2.19. The van der Waals surface area contributed by atoms with Gasteiger partial charge in [0.1, 0.15) is 0 Å². The molecule has 0 unspecified atom stereocenters. The van der Waals surface area contributed by atoms with Crippen LogP contribution in [0.2, 0.25) is 5.02 Å². The fourth-order valence-electron chi connectivity index (χ4n) is 1.61. The van der Waals surface area contributed by atoms with Crippen LogP contribution in [0.25, 0.3) is 0 Å². The molecule has 1 amide bonds. The predicted octanol–water partition coefficient (Wildman–Crippen LogP) is 2.59. The summed E-state index contributed by atoms with van der Waals surface area (Å²) in [6.45, 7) is 2.21. The Kier molecular flexibility index (Phi) is 5.16. The third kappa shape index (κ3) is 3.74. The van der Waals surface area contributed by atoms with E-state index in [0.29, 0.717) is 23.6 Å².